The van der Waals surface area contributed by atoms with Crippen LogP contribution < -0.4 is 5.32 Å². The number of carbonyl (C=O) groups excluding carboxylic acids is 2. The average molecular weight is 555 g/mol. The van der Waals surface area contributed by atoms with E-state index in [-0.39, 0.29) is 34.9 Å². The lowest BCUT2D eigenvalue weighted by molar-refractivity contribution is -0.133. The van der Waals surface area contributed by atoms with Crippen molar-refractivity contribution in [1.29, 1.82) is 0 Å². The molecule has 1 saturated carbocycles. The largest absolute Gasteiger partial charge is 0.389 e. The number of halogens is 4. The molecule has 1 N–H and O–H groups in total. The fourth-order valence-electron chi connectivity index (χ4n) is 3.99. The number of Topliss-reactive ketones (excluding diaryl/α,β-unsaturated/α-hetero) is 1. The molecule has 0 spiro atoms. The summed E-state index contributed by atoms with van der Waals surface area (Å²) in [6.07, 6.45) is 0.545. The van der Waals surface area contributed by atoms with Gasteiger partial charge in [0.05, 0.1) is 29.6 Å². The lowest BCUT2D eigenvalue weighted by Gasteiger charge is -2.28. The Morgan fingerprint density at radius 1 is 1.31 bits per heavy atom. The standard InChI is InChI=1S/C24H26BrF3N4O3/c1-13(5-7-24(26,27)28)21(33)18-10-19(25)14(2)30-22(18)31-23(34)15-6-8-35-20(9-15)16-11-29-32(12-16)17-3-4-17/h10-12,15,17,20H,1,3-9H2,2H3,(H,30,31,34). The van der Waals surface area contributed by atoms with Gasteiger partial charge in [-0.25, -0.2) is 4.98 Å². The van der Waals surface area contributed by atoms with Gasteiger partial charge in [0, 0.05) is 35.2 Å². The van der Waals surface area contributed by atoms with E-state index in [2.05, 4.69) is 37.9 Å². The van der Waals surface area contributed by atoms with Gasteiger partial charge in [0.2, 0.25) is 5.91 Å². The second-order valence-electron chi connectivity index (χ2n) is 9.05. The van der Waals surface area contributed by atoms with Gasteiger partial charge < -0.3 is 10.1 Å². The fourth-order valence-corrected chi connectivity index (χ4v) is 4.31. The Morgan fingerprint density at radius 2 is 2.06 bits per heavy atom. The molecule has 35 heavy (non-hydrogen) atoms. The van der Waals surface area contributed by atoms with Crippen LogP contribution in [0.15, 0.2) is 35.1 Å². The van der Waals surface area contributed by atoms with E-state index in [0.717, 1.165) is 18.4 Å². The number of aromatic nitrogens is 3. The maximum Gasteiger partial charge on any atom is 0.389 e. The lowest BCUT2D eigenvalue weighted by Crippen LogP contribution is -2.31. The molecule has 1 aliphatic carbocycles. The number of carbonyl (C=O) groups is 2. The van der Waals surface area contributed by atoms with Crippen molar-refractivity contribution < 1.29 is 27.5 Å². The van der Waals surface area contributed by atoms with E-state index in [4.69, 9.17) is 4.74 Å². The van der Waals surface area contributed by atoms with Gasteiger partial charge in [-0.1, -0.05) is 6.58 Å². The molecule has 0 radical (unpaired) electrons. The second kappa shape index (κ2) is 10.2. The summed E-state index contributed by atoms with van der Waals surface area (Å²) in [6, 6.07) is 1.90. The number of amides is 1. The zero-order chi connectivity index (χ0) is 25.3. The van der Waals surface area contributed by atoms with Crippen LogP contribution in [0.4, 0.5) is 19.0 Å². The fraction of sp³-hybridized carbons (Fsp3) is 0.500. The molecule has 2 aromatic rings. The molecule has 1 saturated heterocycles. The van der Waals surface area contributed by atoms with Crippen molar-refractivity contribution in [3.05, 3.63) is 51.9 Å². The highest BCUT2D eigenvalue weighted by atomic mass is 79.9. The van der Waals surface area contributed by atoms with E-state index >= 15 is 0 Å². The molecule has 2 aromatic heterocycles. The Labute approximate surface area is 209 Å². The Balaban J connectivity index is 1.47. The maximum absolute atomic E-state index is 13.1. The Morgan fingerprint density at radius 3 is 2.74 bits per heavy atom. The van der Waals surface area contributed by atoms with Crippen LogP contribution in [0.2, 0.25) is 0 Å². The summed E-state index contributed by atoms with van der Waals surface area (Å²) < 4.78 is 46.1. The third-order valence-corrected chi connectivity index (χ3v) is 7.04. The van der Waals surface area contributed by atoms with E-state index < -0.39 is 24.8 Å². The van der Waals surface area contributed by atoms with Gasteiger partial charge >= 0.3 is 6.18 Å². The molecule has 2 aliphatic rings. The number of rotatable bonds is 8. The molecular weight excluding hydrogens is 529 g/mol. The number of allylic oxidation sites excluding steroid dienone is 1. The van der Waals surface area contributed by atoms with Crippen molar-refractivity contribution in [3.8, 4) is 0 Å². The van der Waals surface area contributed by atoms with E-state index in [1.54, 1.807) is 13.1 Å². The Bertz CT molecular complexity index is 1140. The minimum absolute atomic E-state index is 0.00248. The van der Waals surface area contributed by atoms with Gasteiger partial charge in [-0.2, -0.15) is 18.3 Å². The van der Waals surface area contributed by atoms with Gasteiger partial charge in [-0.05, 0) is 66.6 Å². The lowest BCUT2D eigenvalue weighted by atomic mass is 9.92. The predicted molar refractivity (Wildman–Crippen MR) is 126 cm³/mol. The number of ether oxygens (including phenoxy) is 1. The van der Waals surface area contributed by atoms with Crippen molar-refractivity contribution in [1.82, 2.24) is 14.8 Å². The summed E-state index contributed by atoms with van der Waals surface area (Å²) in [5.41, 5.74) is 1.24. The van der Waals surface area contributed by atoms with Crippen LogP contribution in [-0.4, -0.2) is 39.2 Å². The van der Waals surface area contributed by atoms with Crippen LogP contribution >= 0.6 is 15.9 Å². The molecule has 0 bridgehead atoms. The highest BCUT2D eigenvalue weighted by Gasteiger charge is 2.33. The summed E-state index contributed by atoms with van der Waals surface area (Å²) in [5.74, 6) is -1.38. The molecule has 0 aromatic carbocycles. The number of hydrogen-bond donors (Lipinski definition) is 1. The van der Waals surface area contributed by atoms with E-state index in [9.17, 15) is 22.8 Å². The van der Waals surface area contributed by atoms with Crippen molar-refractivity contribution in [2.24, 2.45) is 5.92 Å². The number of ketones is 1. The van der Waals surface area contributed by atoms with Crippen molar-refractivity contribution in [2.75, 3.05) is 11.9 Å². The molecule has 4 rings (SSSR count). The number of pyridine rings is 1. The third kappa shape index (κ3) is 6.38. The first kappa shape index (κ1) is 25.6. The molecular formula is C24H26BrF3N4O3. The molecule has 2 atom stereocenters. The van der Waals surface area contributed by atoms with Crippen LogP contribution in [0.1, 0.15) is 72.3 Å². The van der Waals surface area contributed by atoms with Crippen LogP contribution in [-0.2, 0) is 9.53 Å². The first-order valence-electron chi connectivity index (χ1n) is 11.4. The molecule has 1 amide bonds. The smallest absolute Gasteiger partial charge is 0.373 e. The Hall–Kier alpha value is -2.53. The van der Waals surface area contributed by atoms with Crippen LogP contribution in [0, 0.1) is 12.8 Å². The maximum atomic E-state index is 13.1. The van der Waals surface area contributed by atoms with Gasteiger partial charge in [-0.3, -0.25) is 14.3 Å². The molecule has 1 aliphatic heterocycles. The SMILES string of the molecule is C=C(CCC(F)(F)F)C(=O)c1cc(Br)c(C)nc1NC(=O)C1CCOC(c2cnn(C3CC3)c2)C1. The van der Waals surface area contributed by atoms with Crippen molar-refractivity contribution in [3.63, 3.8) is 0 Å². The monoisotopic (exact) mass is 554 g/mol. The first-order valence-corrected chi connectivity index (χ1v) is 12.2. The predicted octanol–water partition coefficient (Wildman–Crippen LogP) is 5.87. The van der Waals surface area contributed by atoms with Crippen molar-refractivity contribution in [2.45, 2.75) is 63.8 Å². The number of anilines is 1. The number of hydrogen-bond acceptors (Lipinski definition) is 5. The molecule has 2 fully saturated rings. The van der Waals surface area contributed by atoms with Gasteiger partial charge in [0.1, 0.15) is 5.82 Å². The van der Waals surface area contributed by atoms with E-state index in [1.807, 2.05) is 10.9 Å². The topological polar surface area (TPSA) is 86.1 Å². The molecule has 3 heterocycles. The minimum Gasteiger partial charge on any atom is -0.373 e. The average Bonchev–Trinajstić information content (AvgIpc) is 3.55. The number of nitrogens with zero attached hydrogens (tertiary/aromatic N) is 3. The summed E-state index contributed by atoms with van der Waals surface area (Å²) in [6.45, 7) is 5.61. The van der Waals surface area contributed by atoms with Gasteiger partial charge in [0.25, 0.3) is 0 Å². The van der Waals surface area contributed by atoms with Crippen LogP contribution in [0.3, 0.4) is 0 Å². The highest BCUT2D eigenvalue weighted by molar-refractivity contribution is 9.10. The summed E-state index contributed by atoms with van der Waals surface area (Å²) in [4.78, 5) is 30.4. The van der Waals surface area contributed by atoms with Gasteiger partial charge in [0.15, 0.2) is 5.78 Å². The quantitative estimate of drug-likeness (QED) is 0.325. The zero-order valence-corrected chi connectivity index (χ0v) is 20.8. The van der Waals surface area contributed by atoms with E-state index in [0.29, 0.717) is 35.7 Å². The number of nitrogens with one attached hydrogen (secondary N) is 1. The normalized spacial score (nSPS) is 20.5. The summed E-state index contributed by atoms with van der Waals surface area (Å²) >= 11 is 3.30. The van der Waals surface area contributed by atoms with Gasteiger partial charge in [-0.15, -0.1) is 0 Å². The van der Waals surface area contributed by atoms with Crippen LogP contribution in [0.5, 0.6) is 0 Å². The molecule has 2 unspecified atom stereocenters. The minimum atomic E-state index is -4.40. The first-order chi connectivity index (χ1) is 16.5. The van der Waals surface area contributed by atoms with E-state index in [1.165, 1.54) is 6.07 Å². The Kier molecular flexibility index (Phi) is 7.46. The third-order valence-electron chi connectivity index (χ3n) is 6.24. The molecule has 188 valence electrons. The molecule has 7 nitrogen and oxygen atoms in total. The second-order valence-corrected chi connectivity index (χ2v) is 9.91. The summed E-state index contributed by atoms with van der Waals surface area (Å²) in [5, 5.41) is 7.12. The molecule has 11 heteroatoms. The number of aryl methyl sites for hydroxylation is 1. The zero-order valence-electron chi connectivity index (χ0n) is 19.2. The number of alkyl halides is 3. The highest BCUT2D eigenvalue weighted by Crippen LogP contribution is 2.37. The van der Waals surface area contributed by atoms with Crippen LogP contribution in [0.25, 0.3) is 0 Å². The summed E-state index contributed by atoms with van der Waals surface area (Å²) in [7, 11) is 0. The van der Waals surface area contributed by atoms with Crippen molar-refractivity contribution >= 4 is 33.4 Å².